The van der Waals surface area contributed by atoms with Crippen LogP contribution in [0.4, 0.5) is 5.69 Å². The molecule has 3 amide bonds. The average molecular weight is 448 g/mol. The van der Waals surface area contributed by atoms with Gasteiger partial charge < -0.3 is 10.4 Å². The highest BCUT2D eigenvalue weighted by Gasteiger charge is 2.70. The summed E-state index contributed by atoms with van der Waals surface area (Å²) in [7, 11) is 0. The largest absolute Gasteiger partial charge is 0.508 e. The van der Waals surface area contributed by atoms with Gasteiger partial charge in [0.05, 0.1) is 11.8 Å². The Morgan fingerprint density at radius 1 is 1.03 bits per heavy atom. The number of anilines is 1. The number of benzene rings is 2. The van der Waals surface area contributed by atoms with Gasteiger partial charge in [0, 0.05) is 23.3 Å². The number of rotatable bonds is 5. The average Bonchev–Trinajstić information content (AvgIpc) is 3.39. The summed E-state index contributed by atoms with van der Waals surface area (Å²) in [5, 5.41) is 16.1. The highest BCUT2D eigenvalue weighted by Crippen LogP contribution is 2.53. The summed E-state index contributed by atoms with van der Waals surface area (Å²) in [4.78, 5) is 42.3. The summed E-state index contributed by atoms with van der Waals surface area (Å²) in [6, 6.07) is 12.1. The monoisotopic (exact) mass is 447 g/mol. The van der Waals surface area contributed by atoms with Crippen molar-refractivity contribution in [2.75, 3.05) is 5.32 Å². The van der Waals surface area contributed by atoms with Crippen LogP contribution in [0.15, 0.2) is 42.5 Å². The molecule has 5 rings (SSSR count). The predicted molar refractivity (Wildman–Crippen MR) is 123 cm³/mol. The first kappa shape index (κ1) is 21.6. The normalized spacial score (nSPS) is 28.9. The molecule has 33 heavy (non-hydrogen) atoms. The van der Waals surface area contributed by atoms with Crippen molar-refractivity contribution in [1.29, 1.82) is 0 Å². The first-order chi connectivity index (χ1) is 15.8. The number of fused-ring (bicyclic) bond motifs is 4. The van der Waals surface area contributed by atoms with Gasteiger partial charge in [0.2, 0.25) is 17.7 Å². The second-order valence-corrected chi connectivity index (χ2v) is 9.42. The van der Waals surface area contributed by atoms with Gasteiger partial charge in [-0.05, 0) is 55.5 Å². The summed E-state index contributed by atoms with van der Waals surface area (Å²) in [5.74, 6) is -2.03. The number of amides is 3. The molecule has 3 aliphatic heterocycles. The Morgan fingerprint density at radius 2 is 1.73 bits per heavy atom. The molecule has 5 unspecified atom stereocenters. The van der Waals surface area contributed by atoms with Gasteiger partial charge in [0.25, 0.3) is 0 Å². The minimum atomic E-state index is -1.28. The number of nitrogens with zero attached hydrogens (tertiary/aromatic N) is 1. The van der Waals surface area contributed by atoms with Crippen molar-refractivity contribution in [2.24, 2.45) is 11.8 Å². The second kappa shape index (κ2) is 7.70. The minimum Gasteiger partial charge on any atom is -0.508 e. The van der Waals surface area contributed by atoms with Crippen molar-refractivity contribution < 1.29 is 19.5 Å². The van der Waals surface area contributed by atoms with Gasteiger partial charge >= 0.3 is 0 Å². The molecule has 3 heterocycles. The number of aromatic hydroxyl groups is 1. The van der Waals surface area contributed by atoms with Crippen LogP contribution in [0.2, 0.25) is 0 Å². The smallest absolute Gasteiger partial charge is 0.250 e. The highest BCUT2D eigenvalue weighted by molar-refractivity contribution is 6.15. The van der Waals surface area contributed by atoms with E-state index in [1.807, 2.05) is 51.1 Å². The van der Waals surface area contributed by atoms with Gasteiger partial charge in [-0.15, -0.1) is 0 Å². The zero-order valence-electron chi connectivity index (χ0n) is 19.1. The Hall–Kier alpha value is -3.19. The van der Waals surface area contributed by atoms with Crippen molar-refractivity contribution in [1.82, 2.24) is 10.2 Å². The van der Waals surface area contributed by atoms with Gasteiger partial charge in [-0.3, -0.25) is 24.6 Å². The van der Waals surface area contributed by atoms with Crippen molar-refractivity contribution in [2.45, 2.75) is 57.7 Å². The van der Waals surface area contributed by atoms with E-state index in [1.165, 1.54) is 4.90 Å². The van der Waals surface area contributed by atoms with E-state index in [0.29, 0.717) is 18.5 Å². The molecular weight excluding hydrogens is 418 g/mol. The first-order valence-electron chi connectivity index (χ1n) is 11.7. The van der Waals surface area contributed by atoms with E-state index in [4.69, 9.17) is 0 Å². The minimum absolute atomic E-state index is 0.165. The Labute approximate surface area is 193 Å². The highest BCUT2D eigenvalue weighted by atomic mass is 16.3. The van der Waals surface area contributed by atoms with Gasteiger partial charge in [0.15, 0.2) is 0 Å². The Balaban J connectivity index is 1.64. The third kappa shape index (κ3) is 3.02. The molecule has 0 radical (unpaired) electrons. The maximum atomic E-state index is 13.8. The van der Waals surface area contributed by atoms with Crippen LogP contribution in [0.5, 0.6) is 5.75 Å². The lowest BCUT2D eigenvalue weighted by Crippen LogP contribution is -2.54. The fourth-order valence-corrected chi connectivity index (χ4v) is 5.77. The maximum Gasteiger partial charge on any atom is 0.250 e. The molecule has 3 N–H and O–H groups in total. The molecule has 5 atom stereocenters. The molecule has 2 aromatic carbocycles. The molecule has 172 valence electrons. The summed E-state index contributed by atoms with van der Waals surface area (Å²) in [6.45, 7) is 5.88. The van der Waals surface area contributed by atoms with E-state index in [-0.39, 0.29) is 29.5 Å². The summed E-state index contributed by atoms with van der Waals surface area (Å²) in [5.41, 5.74) is 2.16. The van der Waals surface area contributed by atoms with Gasteiger partial charge in [0.1, 0.15) is 11.3 Å². The van der Waals surface area contributed by atoms with Crippen LogP contribution in [-0.4, -0.2) is 39.8 Å². The van der Waals surface area contributed by atoms with E-state index in [1.54, 1.807) is 12.1 Å². The van der Waals surface area contributed by atoms with Crippen LogP contribution in [0, 0.1) is 11.8 Å². The zero-order chi connectivity index (χ0) is 23.5. The third-order valence-corrected chi connectivity index (χ3v) is 7.65. The lowest BCUT2D eigenvalue weighted by molar-refractivity contribution is -0.145. The number of hydrogen-bond donors (Lipinski definition) is 3. The molecule has 0 aliphatic carbocycles. The van der Waals surface area contributed by atoms with Crippen molar-refractivity contribution >= 4 is 23.4 Å². The van der Waals surface area contributed by atoms with Crippen LogP contribution >= 0.6 is 0 Å². The Morgan fingerprint density at radius 3 is 2.39 bits per heavy atom. The standard InChI is InChI=1S/C26H29N3O4/c1-4-14(3)29-23(31)21-20(13-16-6-9-17(30)10-7-16)28-26(22(21)24(29)32)18-12-15(5-2)8-11-19(18)27-25(26)33/h6-12,14,20-22,28,30H,4-5,13H2,1-3H3,(H,27,33). The van der Waals surface area contributed by atoms with Crippen molar-refractivity contribution in [3.05, 3.63) is 59.2 Å². The number of carbonyl (C=O) groups excluding carboxylic acids is 3. The number of carbonyl (C=O) groups is 3. The van der Waals surface area contributed by atoms with E-state index < -0.39 is 23.4 Å². The fourth-order valence-electron chi connectivity index (χ4n) is 5.77. The summed E-state index contributed by atoms with van der Waals surface area (Å²) in [6.07, 6.45) is 1.92. The quantitative estimate of drug-likeness (QED) is 0.612. The SMILES string of the molecule is CCc1ccc2c(c1)C1(NC(Cc3ccc(O)cc3)C3C(=O)N(C(C)CC)C(=O)C31)C(=O)N2. The summed E-state index contributed by atoms with van der Waals surface area (Å²) < 4.78 is 0. The molecule has 7 heteroatoms. The second-order valence-electron chi connectivity index (χ2n) is 9.42. The molecular formula is C26H29N3O4. The van der Waals surface area contributed by atoms with Crippen molar-refractivity contribution in [3.8, 4) is 5.75 Å². The number of hydrogen-bond acceptors (Lipinski definition) is 5. The number of imide groups is 1. The van der Waals surface area contributed by atoms with E-state index >= 15 is 0 Å². The Kier molecular flexibility index (Phi) is 5.05. The van der Waals surface area contributed by atoms with Gasteiger partial charge in [-0.25, -0.2) is 0 Å². The zero-order valence-corrected chi connectivity index (χ0v) is 19.1. The molecule has 7 nitrogen and oxygen atoms in total. The van der Waals surface area contributed by atoms with Crippen molar-refractivity contribution in [3.63, 3.8) is 0 Å². The lowest BCUT2D eigenvalue weighted by atomic mass is 9.76. The number of nitrogens with one attached hydrogen (secondary N) is 2. The molecule has 1 spiro atoms. The summed E-state index contributed by atoms with van der Waals surface area (Å²) >= 11 is 0. The number of likely N-dealkylation sites (tertiary alicyclic amines) is 1. The van der Waals surface area contributed by atoms with E-state index in [2.05, 4.69) is 10.6 Å². The fraction of sp³-hybridized carbons (Fsp3) is 0.423. The van der Waals surface area contributed by atoms with Crippen LogP contribution in [0.1, 0.15) is 43.9 Å². The van der Waals surface area contributed by atoms with Crippen LogP contribution in [-0.2, 0) is 32.8 Å². The Bertz CT molecular complexity index is 1140. The lowest BCUT2D eigenvalue weighted by Gasteiger charge is -2.31. The number of phenolic OH excluding ortho intramolecular Hbond substituents is 1. The first-order valence-corrected chi connectivity index (χ1v) is 11.7. The van der Waals surface area contributed by atoms with E-state index in [0.717, 1.165) is 23.1 Å². The van der Waals surface area contributed by atoms with Crippen LogP contribution in [0.25, 0.3) is 0 Å². The van der Waals surface area contributed by atoms with E-state index in [9.17, 15) is 19.5 Å². The molecule has 0 saturated carbocycles. The maximum absolute atomic E-state index is 13.8. The van der Waals surface area contributed by atoms with Crippen LogP contribution in [0.3, 0.4) is 0 Å². The topological polar surface area (TPSA) is 98.7 Å². The van der Waals surface area contributed by atoms with Gasteiger partial charge in [-0.1, -0.05) is 38.1 Å². The molecule has 3 aliphatic rings. The van der Waals surface area contributed by atoms with Crippen LogP contribution < -0.4 is 10.6 Å². The predicted octanol–water partition coefficient (Wildman–Crippen LogP) is 2.72. The molecule has 2 fully saturated rings. The third-order valence-electron chi connectivity index (χ3n) is 7.65. The number of aryl methyl sites for hydroxylation is 1. The molecule has 2 aromatic rings. The molecule has 2 saturated heterocycles. The van der Waals surface area contributed by atoms with Gasteiger partial charge in [-0.2, -0.15) is 0 Å². The molecule has 0 aromatic heterocycles. The number of phenols is 1. The molecule has 0 bridgehead atoms.